The molecular weight excluding hydrogens is 367 g/mol. The lowest BCUT2D eigenvalue weighted by Gasteiger charge is -2.13. The smallest absolute Gasteiger partial charge is 0.419 e. The number of esters is 1. The molecule has 0 spiro atoms. The van der Waals surface area contributed by atoms with E-state index in [9.17, 15) is 18.8 Å². The second-order valence-corrected chi connectivity index (χ2v) is 6.22. The van der Waals surface area contributed by atoms with E-state index in [1.165, 1.54) is 35.8 Å². The highest BCUT2D eigenvalue weighted by Gasteiger charge is 2.18. The van der Waals surface area contributed by atoms with Crippen molar-refractivity contribution in [3.63, 3.8) is 0 Å². The normalized spacial score (nSPS) is 11.9. The third-order valence-corrected chi connectivity index (χ3v) is 4.11. The summed E-state index contributed by atoms with van der Waals surface area (Å²) in [7, 11) is 0. The van der Waals surface area contributed by atoms with Crippen LogP contribution in [0.2, 0.25) is 0 Å². The quantitative estimate of drug-likeness (QED) is 0.630. The molecule has 1 amide bonds. The maximum atomic E-state index is 13.1. The largest absolute Gasteiger partial charge is 0.453 e. The summed E-state index contributed by atoms with van der Waals surface area (Å²) in [6.07, 6.45) is -0.655. The molecule has 1 aromatic heterocycles. The van der Waals surface area contributed by atoms with E-state index in [0.29, 0.717) is 17.5 Å². The van der Waals surface area contributed by atoms with Crippen molar-refractivity contribution in [3.8, 4) is 0 Å². The molecule has 1 atom stereocenters. The first-order chi connectivity index (χ1) is 13.4. The van der Waals surface area contributed by atoms with Gasteiger partial charge in [0.2, 0.25) is 0 Å². The van der Waals surface area contributed by atoms with Crippen molar-refractivity contribution in [1.29, 1.82) is 0 Å². The Bertz CT molecular complexity index is 1060. The van der Waals surface area contributed by atoms with Gasteiger partial charge in [0.05, 0.1) is 5.52 Å². The number of oxazole rings is 1. The Morgan fingerprint density at radius 3 is 2.79 bits per heavy atom. The zero-order valence-corrected chi connectivity index (χ0v) is 15.2. The maximum Gasteiger partial charge on any atom is 0.419 e. The zero-order valence-electron chi connectivity index (χ0n) is 15.2. The predicted molar refractivity (Wildman–Crippen MR) is 100 cm³/mol. The number of amides is 1. The van der Waals surface area contributed by atoms with Gasteiger partial charge in [-0.05, 0) is 43.7 Å². The van der Waals surface area contributed by atoms with Gasteiger partial charge in [0.15, 0.2) is 11.7 Å². The number of rotatable bonds is 7. The summed E-state index contributed by atoms with van der Waals surface area (Å²) in [5.41, 5.74) is 1.42. The summed E-state index contributed by atoms with van der Waals surface area (Å²) < 4.78 is 24.8. The fourth-order valence-electron chi connectivity index (χ4n) is 2.73. The van der Waals surface area contributed by atoms with Crippen LogP contribution in [0.25, 0.3) is 11.1 Å². The number of para-hydroxylation sites is 2. The van der Waals surface area contributed by atoms with Gasteiger partial charge in [-0.2, -0.15) is 0 Å². The summed E-state index contributed by atoms with van der Waals surface area (Å²) in [5, 5.41) is 2.48. The van der Waals surface area contributed by atoms with E-state index >= 15 is 0 Å². The standard InChI is InChI=1S/C20H19FN2O5/c1-13(19(25)22-15-7-4-6-14(21)12-15)27-18(24)10-5-11-23-16-8-2-3-9-17(16)28-20(23)26/h2-4,6-9,12-13H,5,10-11H2,1H3,(H,22,25). The van der Waals surface area contributed by atoms with Crippen LogP contribution in [0.5, 0.6) is 0 Å². The van der Waals surface area contributed by atoms with Crippen molar-refractivity contribution in [1.82, 2.24) is 4.57 Å². The zero-order chi connectivity index (χ0) is 20.1. The van der Waals surface area contributed by atoms with Crippen LogP contribution in [0.4, 0.5) is 10.1 Å². The Morgan fingerprint density at radius 1 is 1.21 bits per heavy atom. The van der Waals surface area contributed by atoms with Crippen LogP contribution in [0.1, 0.15) is 19.8 Å². The number of aromatic nitrogens is 1. The summed E-state index contributed by atoms with van der Waals surface area (Å²) >= 11 is 0. The minimum atomic E-state index is -1.03. The molecule has 0 saturated heterocycles. The van der Waals surface area contributed by atoms with E-state index in [-0.39, 0.29) is 18.7 Å². The molecule has 8 heteroatoms. The first kappa shape index (κ1) is 19.3. The minimum Gasteiger partial charge on any atom is -0.453 e. The first-order valence-electron chi connectivity index (χ1n) is 8.78. The third kappa shape index (κ3) is 4.64. The topological polar surface area (TPSA) is 90.5 Å². The molecular formula is C20H19FN2O5. The van der Waals surface area contributed by atoms with Gasteiger partial charge >= 0.3 is 11.7 Å². The Labute approximate surface area is 159 Å². The number of nitrogens with one attached hydrogen (secondary N) is 1. The molecule has 3 aromatic rings. The number of benzene rings is 2. The van der Waals surface area contributed by atoms with Crippen LogP contribution < -0.4 is 11.1 Å². The average molecular weight is 386 g/mol. The Hall–Kier alpha value is -3.42. The molecule has 146 valence electrons. The second-order valence-electron chi connectivity index (χ2n) is 6.22. The predicted octanol–water partition coefficient (Wildman–Crippen LogP) is 3.08. The van der Waals surface area contributed by atoms with E-state index in [0.717, 1.165) is 0 Å². The monoisotopic (exact) mass is 386 g/mol. The molecule has 7 nitrogen and oxygen atoms in total. The first-order valence-corrected chi connectivity index (χ1v) is 8.78. The van der Waals surface area contributed by atoms with Gasteiger partial charge in [-0.15, -0.1) is 0 Å². The third-order valence-electron chi connectivity index (χ3n) is 4.11. The number of aryl methyl sites for hydroxylation is 1. The van der Waals surface area contributed by atoms with Crippen LogP contribution in [0.15, 0.2) is 57.7 Å². The number of anilines is 1. The van der Waals surface area contributed by atoms with Gasteiger partial charge in [-0.1, -0.05) is 18.2 Å². The van der Waals surface area contributed by atoms with Crippen LogP contribution in [-0.4, -0.2) is 22.5 Å². The summed E-state index contributed by atoms with van der Waals surface area (Å²) in [5.74, 6) is -2.10. The second kappa shape index (κ2) is 8.51. The number of carbonyl (C=O) groups excluding carboxylic acids is 2. The SMILES string of the molecule is CC(OC(=O)CCCn1c(=O)oc2ccccc21)C(=O)Nc1cccc(F)c1. The molecule has 0 bridgehead atoms. The van der Waals surface area contributed by atoms with Gasteiger partial charge in [-0.3, -0.25) is 14.2 Å². The Kier molecular flexibility index (Phi) is 5.88. The van der Waals surface area contributed by atoms with E-state index < -0.39 is 29.6 Å². The molecule has 1 unspecified atom stereocenters. The van der Waals surface area contributed by atoms with Crippen LogP contribution in [-0.2, 0) is 20.9 Å². The van der Waals surface area contributed by atoms with Crippen LogP contribution in [0, 0.1) is 5.82 Å². The van der Waals surface area contributed by atoms with Crippen molar-refractivity contribution in [3.05, 3.63) is 64.9 Å². The molecule has 1 heterocycles. The highest BCUT2D eigenvalue weighted by atomic mass is 19.1. The molecule has 2 aromatic carbocycles. The van der Waals surface area contributed by atoms with Crippen molar-refractivity contribution >= 4 is 28.7 Å². The highest BCUT2D eigenvalue weighted by molar-refractivity contribution is 5.95. The molecule has 0 aliphatic rings. The Balaban J connectivity index is 1.49. The summed E-state index contributed by atoms with van der Waals surface area (Å²) in [6, 6.07) is 12.4. The maximum absolute atomic E-state index is 13.1. The molecule has 3 rings (SSSR count). The Morgan fingerprint density at radius 2 is 2.00 bits per heavy atom. The number of halogens is 1. The number of fused-ring (bicyclic) bond motifs is 1. The van der Waals surface area contributed by atoms with Gasteiger partial charge in [0, 0.05) is 18.7 Å². The van der Waals surface area contributed by atoms with E-state index in [4.69, 9.17) is 9.15 Å². The average Bonchev–Trinajstić information content (AvgIpc) is 2.97. The highest BCUT2D eigenvalue weighted by Crippen LogP contribution is 2.13. The lowest BCUT2D eigenvalue weighted by atomic mass is 10.2. The van der Waals surface area contributed by atoms with Crippen LogP contribution in [0.3, 0.4) is 0 Å². The molecule has 0 saturated carbocycles. The van der Waals surface area contributed by atoms with Crippen LogP contribution >= 0.6 is 0 Å². The lowest BCUT2D eigenvalue weighted by Crippen LogP contribution is -2.30. The fourth-order valence-corrected chi connectivity index (χ4v) is 2.73. The molecule has 0 radical (unpaired) electrons. The summed E-state index contributed by atoms with van der Waals surface area (Å²) in [4.78, 5) is 35.9. The van der Waals surface area contributed by atoms with E-state index in [1.807, 2.05) is 0 Å². The number of nitrogens with zero attached hydrogens (tertiary/aromatic N) is 1. The van der Waals surface area contributed by atoms with Crippen molar-refractivity contribution < 1.29 is 23.1 Å². The summed E-state index contributed by atoms with van der Waals surface area (Å²) in [6.45, 7) is 1.72. The number of ether oxygens (including phenoxy) is 1. The fraction of sp³-hybridized carbons (Fsp3) is 0.250. The number of carbonyl (C=O) groups is 2. The van der Waals surface area contributed by atoms with Gasteiger partial charge in [-0.25, -0.2) is 9.18 Å². The van der Waals surface area contributed by atoms with E-state index in [1.54, 1.807) is 24.3 Å². The minimum absolute atomic E-state index is 0.0313. The molecule has 0 aliphatic carbocycles. The van der Waals surface area contributed by atoms with E-state index in [2.05, 4.69) is 5.32 Å². The van der Waals surface area contributed by atoms with Crippen molar-refractivity contribution in [2.24, 2.45) is 0 Å². The van der Waals surface area contributed by atoms with Gasteiger partial charge in [0.1, 0.15) is 5.82 Å². The molecule has 0 fully saturated rings. The lowest BCUT2D eigenvalue weighted by molar-refractivity contribution is -0.153. The van der Waals surface area contributed by atoms with Crippen molar-refractivity contribution in [2.45, 2.75) is 32.4 Å². The van der Waals surface area contributed by atoms with Gasteiger partial charge in [0.25, 0.3) is 5.91 Å². The van der Waals surface area contributed by atoms with Crippen molar-refractivity contribution in [2.75, 3.05) is 5.32 Å². The van der Waals surface area contributed by atoms with Gasteiger partial charge < -0.3 is 14.5 Å². The number of hydrogen-bond acceptors (Lipinski definition) is 5. The molecule has 0 aliphatic heterocycles. The molecule has 1 N–H and O–H groups in total. The number of hydrogen-bond donors (Lipinski definition) is 1. The molecule has 28 heavy (non-hydrogen) atoms.